The van der Waals surface area contributed by atoms with Gasteiger partial charge in [0.2, 0.25) is 0 Å². The first kappa shape index (κ1) is 11.5. The molecule has 1 atom stereocenters. The first-order valence-electron chi connectivity index (χ1n) is 5.36. The summed E-state index contributed by atoms with van der Waals surface area (Å²) in [4.78, 5) is 0. The molecular weight excluding hydrogens is 212 g/mol. The molecule has 2 rings (SSSR count). The molecule has 0 aromatic heterocycles. The zero-order valence-corrected chi connectivity index (χ0v) is 9.68. The van der Waals surface area contributed by atoms with Gasteiger partial charge in [0.25, 0.3) is 0 Å². The average molecular weight is 226 g/mol. The average Bonchev–Trinajstić information content (AvgIpc) is 2.37. The predicted molar refractivity (Wildman–Crippen MR) is 69.2 cm³/mol. The lowest BCUT2D eigenvalue weighted by molar-refractivity contribution is 0.229. The van der Waals surface area contributed by atoms with Gasteiger partial charge in [-0.3, -0.25) is 0 Å². The second-order valence-electron chi connectivity index (χ2n) is 3.79. The summed E-state index contributed by atoms with van der Waals surface area (Å²) in [7, 11) is 1.65. The van der Waals surface area contributed by atoms with E-state index in [2.05, 4.69) is 12.3 Å². The van der Waals surface area contributed by atoms with Gasteiger partial charge in [0, 0.05) is 0 Å². The van der Waals surface area contributed by atoms with Gasteiger partial charge in [-0.05, 0) is 40.6 Å². The van der Waals surface area contributed by atoms with Gasteiger partial charge >= 0.3 is 0 Å². The standard InChI is InChI=1S/C15H14O2/c1-3-4-15(16)13-6-5-12-10-14(17-2)8-7-11(12)9-13/h4-10,15-16H,1H2,2H3. The van der Waals surface area contributed by atoms with Crippen molar-refractivity contribution in [1.82, 2.24) is 0 Å². The van der Waals surface area contributed by atoms with Crippen molar-refractivity contribution in [1.29, 1.82) is 0 Å². The van der Waals surface area contributed by atoms with E-state index in [1.807, 2.05) is 36.4 Å². The lowest BCUT2D eigenvalue weighted by Gasteiger charge is -2.07. The summed E-state index contributed by atoms with van der Waals surface area (Å²) in [6.07, 6.45) is 0.879. The highest BCUT2D eigenvalue weighted by Gasteiger charge is 2.04. The van der Waals surface area contributed by atoms with Crippen LogP contribution in [0.4, 0.5) is 0 Å². The Morgan fingerprint density at radius 1 is 1.24 bits per heavy atom. The van der Waals surface area contributed by atoms with Crippen molar-refractivity contribution in [3.63, 3.8) is 0 Å². The largest absolute Gasteiger partial charge is 0.497 e. The molecule has 1 unspecified atom stereocenters. The smallest absolute Gasteiger partial charge is 0.119 e. The highest BCUT2D eigenvalue weighted by Crippen LogP contribution is 2.24. The molecular formula is C15H14O2. The van der Waals surface area contributed by atoms with Crippen molar-refractivity contribution in [2.45, 2.75) is 6.10 Å². The van der Waals surface area contributed by atoms with Crippen molar-refractivity contribution < 1.29 is 9.84 Å². The third kappa shape index (κ3) is 2.39. The molecule has 2 nitrogen and oxygen atoms in total. The summed E-state index contributed by atoms with van der Waals surface area (Å²) in [5, 5.41) is 12.0. The third-order valence-electron chi connectivity index (χ3n) is 2.69. The van der Waals surface area contributed by atoms with E-state index in [9.17, 15) is 5.11 Å². The van der Waals surface area contributed by atoms with Crippen molar-refractivity contribution in [2.24, 2.45) is 0 Å². The van der Waals surface area contributed by atoms with Gasteiger partial charge in [-0.1, -0.05) is 24.8 Å². The number of hydrogen-bond donors (Lipinski definition) is 1. The number of hydrogen-bond acceptors (Lipinski definition) is 2. The summed E-state index contributed by atoms with van der Waals surface area (Å²) < 4.78 is 5.16. The Hall–Kier alpha value is -2.02. The van der Waals surface area contributed by atoms with Crippen LogP contribution in [0.2, 0.25) is 0 Å². The molecule has 0 bridgehead atoms. The van der Waals surface area contributed by atoms with E-state index in [-0.39, 0.29) is 0 Å². The quantitative estimate of drug-likeness (QED) is 0.814. The van der Waals surface area contributed by atoms with E-state index < -0.39 is 6.10 Å². The van der Waals surface area contributed by atoms with Crippen LogP contribution >= 0.6 is 0 Å². The fourth-order valence-corrected chi connectivity index (χ4v) is 1.76. The molecule has 86 valence electrons. The highest BCUT2D eigenvalue weighted by atomic mass is 16.5. The first-order chi connectivity index (χ1) is 8.24. The fourth-order valence-electron chi connectivity index (χ4n) is 1.76. The number of benzene rings is 2. The molecule has 0 saturated heterocycles. The summed E-state index contributed by atoms with van der Waals surface area (Å²) in [6.45, 7) is 3.45. The molecule has 0 heterocycles. The second kappa shape index (κ2) is 4.88. The number of ether oxygens (including phenoxy) is 1. The Morgan fingerprint density at radius 3 is 2.65 bits per heavy atom. The van der Waals surface area contributed by atoms with E-state index in [4.69, 9.17) is 4.74 Å². The first-order valence-corrected chi connectivity index (χ1v) is 5.36. The number of methoxy groups -OCH3 is 1. The molecule has 1 N–H and O–H groups in total. The summed E-state index contributed by atoms with van der Waals surface area (Å²) >= 11 is 0. The number of fused-ring (bicyclic) bond motifs is 1. The zero-order valence-electron chi connectivity index (χ0n) is 9.68. The molecule has 2 heteroatoms. The molecule has 2 aromatic carbocycles. The normalized spacial score (nSPS) is 11.9. The van der Waals surface area contributed by atoms with Gasteiger partial charge in [-0.25, -0.2) is 0 Å². The summed E-state index contributed by atoms with van der Waals surface area (Å²) in [5.74, 6) is 0.830. The molecule has 0 radical (unpaired) electrons. The fraction of sp³-hybridized carbons (Fsp3) is 0.133. The minimum atomic E-state index is -0.654. The Kier molecular flexibility index (Phi) is 3.29. The molecule has 17 heavy (non-hydrogen) atoms. The van der Waals surface area contributed by atoms with Gasteiger partial charge in [0.05, 0.1) is 7.11 Å². The monoisotopic (exact) mass is 226 g/mol. The SMILES string of the molecule is C=C=CC(O)c1ccc2cc(OC)ccc2c1. The lowest BCUT2D eigenvalue weighted by atomic mass is 10.0. The van der Waals surface area contributed by atoms with Gasteiger partial charge in [0.15, 0.2) is 0 Å². The van der Waals surface area contributed by atoms with Crippen LogP contribution in [0.1, 0.15) is 11.7 Å². The topological polar surface area (TPSA) is 29.5 Å². The van der Waals surface area contributed by atoms with Crippen LogP contribution in [0, 0.1) is 0 Å². The minimum Gasteiger partial charge on any atom is -0.497 e. The van der Waals surface area contributed by atoms with Crippen molar-refractivity contribution in [3.05, 3.63) is 60.3 Å². The molecule has 0 aliphatic rings. The highest BCUT2D eigenvalue weighted by molar-refractivity contribution is 5.84. The van der Waals surface area contributed by atoms with E-state index in [0.717, 1.165) is 22.1 Å². The number of aliphatic hydroxyl groups excluding tert-OH is 1. The van der Waals surface area contributed by atoms with Crippen molar-refractivity contribution in [2.75, 3.05) is 7.11 Å². The molecule has 0 aliphatic heterocycles. The number of aliphatic hydroxyl groups is 1. The van der Waals surface area contributed by atoms with Crippen LogP contribution in [-0.2, 0) is 0 Å². The maximum Gasteiger partial charge on any atom is 0.119 e. The molecule has 2 aromatic rings. The van der Waals surface area contributed by atoms with Crippen LogP contribution in [0.15, 0.2) is 54.8 Å². The van der Waals surface area contributed by atoms with E-state index in [1.54, 1.807) is 7.11 Å². The van der Waals surface area contributed by atoms with E-state index in [1.165, 1.54) is 6.08 Å². The van der Waals surface area contributed by atoms with E-state index >= 15 is 0 Å². The molecule has 0 aliphatic carbocycles. The van der Waals surface area contributed by atoms with Crippen LogP contribution in [-0.4, -0.2) is 12.2 Å². The van der Waals surface area contributed by atoms with Gasteiger partial charge in [-0.2, -0.15) is 0 Å². The zero-order chi connectivity index (χ0) is 12.3. The lowest BCUT2D eigenvalue weighted by Crippen LogP contribution is -1.92. The van der Waals surface area contributed by atoms with Crippen LogP contribution in [0.25, 0.3) is 10.8 Å². The van der Waals surface area contributed by atoms with Crippen LogP contribution < -0.4 is 4.74 Å². The van der Waals surface area contributed by atoms with Gasteiger partial charge in [0.1, 0.15) is 11.9 Å². The Bertz CT molecular complexity index is 580. The number of rotatable bonds is 3. The van der Waals surface area contributed by atoms with Crippen LogP contribution in [0.5, 0.6) is 5.75 Å². The maximum absolute atomic E-state index is 9.80. The Labute approximate surface area is 100 Å². The van der Waals surface area contributed by atoms with Crippen molar-refractivity contribution in [3.8, 4) is 5.75 Å². The molecule has 0 fully saturated rings. The van der Waals surface area contributed by atoms with Crippen molar-refractivity contribution >= 4 is 10.8 Å². The van der Waals surface area contributed by atoms with E-state index in [0.29, 0.717) is 0 Å². The van der Waals surface area contributed by atoms with Crippen LogP contribution in [0.3, 0.4) is 0 Å². The maximum atomic E-state index is 9.80. The predicted octanol–water partition coefficient (Wildman–Crippen LogP) is 3.22. The molecule has 0 amide bonds. The summed E-state index contributed by atoms with van der Waals surface area (Å²) in [6, 6.07) is 11.7. The Balaban J connectivity index is 2.48. The Morgan fingerprint density at radius 2 is 1.94 bits per heavy atom. The van der Waals surface area contributed by atoms with Gasteiger partial charge < -0.3 is 9.84 Å². The molecule has 0 saturated carbocycles. The summed E-state index contributed by atoms with van der Waals surface area (Å²) in [5.41, 5.74) is 3.42. The molecule has 0 spiro atoms. The van der Waals surface area contributed by atoms with Gasteiger partial charge in [-0.15, -0.1) is 5.73 Å². The second-order valence-corrected chi connectivity index (χ2v) is 3.79. The minimum absolute atomic E-state index is 0.654. The third-order valence-corrected chi connectivity index (χ3v) is 2.69.